The molecular formula is C14H20O6. The first-order valence-electron chi connectivity index (χ1n) is 6.69. The Kier molecular flexibility index (Phi) is 5.30. The summed E-state index contributed by atoms with van der Waals surface area (Å²) < 4.78 is 14.8. The average molecular weight is 284 g/mol. The molecule has 112 valence electrons. The van der Waals surface area contributed by atoms with Crippen LogP contribution in [0.5, 0.6) is 0 Å². The first-order chi connectivity index (χ1) is 9.45. The summed E-state index contributed by atoms with van der Waals surface area (Å²) in [7, 11) is 0. The Hall–Kier alpha value is -1.85. The standard InChI is InChI=1S/C14H20O6/c1-5-18-11(15)10-8-14(9(10)4,12(16)19-6-2)13(17)20-7-3/h8-9H,5-7H2,1-4H3. The van der Waals surface area contributed by atoms with E-state index >= 15 is 0 Å². The SMILES string of the molecule is CCOC(=O)C1=CC(C(=O)OCC)(C(=O)OCC)C1C. The van der Waals surface area contributed by atoms with Crippen LogP contribution in [0.1, 0.15) is 27.7 Å². The van der Waals surface area contributed by atoms with Crippen LogP contribution < -0.4 is 0 Å². The van der Waals surface area contributed by atoms with Gasteiger partial charge in [0.15, 0.2) is 5.41 Å². The molecule has 0 heterocycles. The van der Waals surface area contributed by atoms with Crippen molar-refractivity contribution in [3.05, 3.63) is 11.6 Å². The molecular weight excluding hydrogens is 264 g/mol. The van der Waals surface area contributed by atoms with E-state index in [2.05, 4.69) is 0 Å². The molecule has 0 amide bonds. The second-order valence-corrected chi connectivity index (χ2v) is 4.35. The molecule has 1 aliphatic carbocycles. The Bertz CT molecular complexity index is 419. The highest BCUT2D eigenvalue weighted by Gasteiger charge is 2.60. The summed E-state index contributed by atoms with van der Waals surface area (Å²) in [6, 6.07) is 0. The molecule has 1 aliphatic rings. The topological polar surface area (TPSA) is 78.9 Å². The second kappa shape index (κ2) is 6.54. The smallest absolute Gasteiger partial charge is 0.334 e. The van der Waals surface area contributed by atoms with Crippen molar-refractivity contribution in [1.82, 2.24) is 0 Å². The number of hydrogen-bond acceptors (Lipinski definition) is 6. The second-order valence-electron chi connectivity index (χ2n) is 4.35. The molecule has 0 spiro atoms. The summed E-state index contributed by atoms with van der Waals surface area (Å²) in [5.41, 5.74) is -1.23. The van der Waals surface area contributed by atoms with Gasteiger partial charge >= 0.3 is 17.9 Å². The third-order valence-electron chi connectivity index (χ3n) is 3.27. The molecule has 0 fully saturated rings. The fourth-order valence-corrected chi connectivity index (χ4v) is 2.15. The van der Waals surface area contributed by atoms with E-state index in [4.69, 9.17) is 14.2 Å². The molecule has 0 aliphatic heterocycles. The van der Waals surface area contributed by atoms with Gasteiger partial charge in [0.2, 0.25) is 0 Å². The molecule has 1 unspecified atom stereocenters. The summed E-state index contributed by atoms with van der Waals surface area (Å²) >= 11 is 0. The number of carbonyl (C=O) groups excluding carboxylic acids is 3. The van der Waals surface area contributed by atoms with Gasteiger partial charge < -0.3 is 14.2 Å². The summed E-state index contributed by atoms with van der Waals surface area (Å²) in [6.45, 7) is 7.12. The van der Waals surface area contributed by atoms with E-state index < -0.39 is 29.2 Å². The van der Waals surface area contributed by atoms with Crippen LogP contribution in [-0.4, -0.2) is 37.7 Å². The zero-order valence-corrected chi connectivity index (χ0v) is 12.2. The molecule has 0 aromatic rings. The number of rotatable bonds is 6. The van der Waals surface area contributed by atoms with Crippen LogP contribution in [0.25, 0.3) is 0 Å². The highest BCUT2D eigenvalue weighted by molar-refractivity contribution is 6.09. The predicted octanol–water partition coefficient (Wildman–Crippen LogP) is 1.24. The van der Waals surface area contributed by atoms with Crippen molar-refractivity contribution in [1.29, 1.82) is 0 Å². The van der Waals surface area contributed by atoms with E-state index in [1.807, 2.05) is 0 Å². The predicted molar refractivity (Wildman–Crippen MR) is 69.6 cm³/mol. The molecule has 0 saturated heterocycles. The summed E-state index contributed by atoms with van der Waals surface area (Å²) in [5.74, 6) is -2.54. The lowest BCUT2D eigenvalue weighted by Crippen LogP contribution is -2.53. The van der Waals surface area contributed by atoms with E-state index in [9.17, 15) is 14.4 Å². The quantitative estimate of drug-likeness (QED) is 0.415. The maximum atomic E-state index is 12.1. The van der Waals surface area contributed by atoms with Crippen LogP contribution in [0.3, 0.4) is 0 Å². The molecule has 0 aromatic heterocycles. The van der Waals surface area contributed by atoms with E-state index in [0.29, 0.717) is 5.57 Å². The number of esters is 3. The largest absolute Gasteiger partial charge is 0.465 e. The van der Waals surface area contributed by atoms with Gasteiger partial charge in [0.1, 0.15) is 0 Å². The van der Waals surface area contributed by atoms with Crippen molar-refractivity contribution >= 4 is 17.9 Å². The highest BCUT2D eigenvalue weighted by Crippen LogP contribution is 2.47. The van der Waals surface area contributed by atoms with Gasteiger partial charge in [-0.25, -0.2) is 4.79 Å². The molecule has 0 radical (unpaired) electrons. The Labute approximate surface area is 118 Å². The van der Waals surface area contributed by atoms with Crippen molar-refractivity contribution < 1.29 is 28.6 Å². The fraction of sp³-hybridized carbons (Fsp3) is 0.643. The summed E-state index contributed by atoms with van der Waals surface area (Å²) in [5, 5.41) is 0. The van der Waals surface area contributed by atoms with Crippen LogP contribution in [0.2, 0.25) is 0 Å². The minimum Gasteiger partial charge on any atom is -0.465 e. The zero-order chi connectivity index (χ0) is 15.3. The Balaban J connectivity index is 3.08. The van der Waals surface area contributed by atoms with Crippen molar-refractivity contribution in [3.63, 3.8) is 0 Å². The molecule has 20 heavy (non-hydrogen) atoms. The first-order valence-corrected chi connectivity index (χ1v) is 6.69. The van der Waals surface area contributed by atoms with Gasteiger partial charge in [-0.15, -0.1) is 0 Å². The van der Waals surface area contributed by atoms with E-state index in [1.165, 1.54) is 6.08 Å². The van der Waals surface area contributed by atoms with Crippen LogP contribution in [0.4, 0.5) is 0 Å². The summed E-state index contributed by atoms with van der Waals surface area (Å²) in [6.07, 6.45) is 1.30. The van der Waals surface area contributed by atoms with E-state index in [0.717, 1.165) is 0 Å². The van der Waals surface area contributed by atoms with Gasteiger partial charge in [-0.2, -0.15) is 0 Å². The minimum atomic E-state index is -1.53. The average Bonchev–Trinajstić information content (AvgIpc) is 2.38. The summed E-state index contributed by atoms with van der Waals surface area (Å²) in [4.78, 5) is 35.9. The van der Waals surface area contributed by atoms with Gasteiger partial charge in [0.25, 0.3) is 0 Å². The van der Waals surface area contributed by atoms with Gasteiger partial charge in [-0.05, 0) is 26.8 Å². The lowest BCUT2D eigenvalue weighted by molar-refractivity contribution is -0.173. The van der Waals surface area contributed by atoms with Gasteiger partial charge in [-0.3, -0.25) is 9.59 Å². The normalized spacial score (nSPS) is 19.4. The van der Waals surface area contributed by atoms with Gasteiger partial charge in [0, 0.05) is 11.5 Å². The van der Waals surface area contributed by atoms with Crippen LogP contribution in [0.15, 0.2) is 11.6 Å². The Morgan fingerprint density at radius 1 is 1.00 bits per heavy atom. The third kappa shape index (κ3) is 2.55. The van der Waals surface area contributed by atoms with Crippen LogP contribution in [-0.2, 0) is 28.6 Å². The van der Waals surface area contributed by atoms with Crippen molar-refractivity contribution in [2.75, 3.05) is 19.8 Å². The lowest BCUT2D eigenvalue weighted by atomic mass is 9.62. The maximum absolute atomic E-state index is 12.1. The van der Waals surface area contributed by atoms with E-state index in [-0.39, 0.29) is 19.8 Å². The zero-order valence-electron chi connectivity index (χ0n) is 12.2. The van der Waals surface area contributed by atoms with Crippen molar-refractivity contribution in [2.45, 2.75) is 27.7 Å². The Morgan fingerprint density at radius 2 is 1.45 bits per heavy atom. The third-order valence-corrected chi connectivity index (χ3v) is 3.27. The molecule has 0 bridgehead atoms. The molecule has 6 nitrogen and oxygen atoms in total. The fourth-order valence-electron chi connectivity index (χ4n) is 2.15. The van der Waals surface area contributed by atoms with Crippen LogP contribution in [0, 0.1) is 11.3 Å². The lowest BCUT2D eigenvalue weighted by Gasteiger charge is -2.40. The van der Waals surface area contributed by atoms with Crippen molar-refractivity contribution in [3.8, 4) is 0 Å². The van der Waals surface area contributed by atoms with Gasteiger partial charge in [-0.1, -0.05) is 6.92 Å². The number of carbonyl (C=O) groups is 3. The molecule has 0 saturated carbocycles. The minimum absolute atomic E-state index is 0.148. The molecule has 1 rings (SSSR count). The molecule has 0 aromatic carbocycles. The highest BCUT2D eigenvalue weighted by atomic mass is 16.6. The van der Waals surface area contributed by atoms with E-state index in [1.54, 1.807) is 27.7 Å². The number of hydrogen-bond donors (Lipinski definition) is 0. The van der Waals surface area contributed by atoms with Gasteiger partial charge in [0.05, 0.1) is 19.8 Å². The van der Waals surface area contributed by atoms with Crippen molar-refractivity contribution in [2.24, 2.45) is 11.3 Å². The number of ether oxygens (including phenoxy) is 3. The maximum Gasteiger partial charge on any atom is 0.334 e. The first kappa shape index (κ1) is 16.2. The Morgan fingerprint density at radius 3 is 1.80 bits per heavy atom. The molecule has 0 N–H and O–H groups in total. The monoisotopic (exact) mass is 284 g/mol. The molecule has 1 atom stereocenters. The molecule has 6 heteroatoms. The van der Waals surface area contributed by atoms with Crippen LogP contribution >= 0.6 is 0 Å².